The number of benzene rings is 1. The van der Waals surface area contributed by atoms with Gasteiger partial charge in [-0.3, -0.25) is 0 Å². The maximum absolute atomic E-state index is 5.18. The van der Waals surface area contributed by atoms with E-state index in [0.717, 1.165) is 29.1 Å². The molecular formula is C12H16BrNO. The van der Waals surface area contributed by atoms with Crippen LogP contribution in [0.5, 0.6) is 5.75 Å². The van der Waals surface area contributed by atoms with Crippen LogP contribution in [-0.4, -0.2) is 20.2 Å². The summed E-state index contributed by atoms with van der Waals surface area (Å²) in [4.78, 5) is 0. The molecule has 1 fully saturated rings. The highest BCUT2D eigenvalue weighted by molar-refractivity contribution is 9.10. The van der Waals surface area contributed by atoms with E-state index in [4.69, 9.17) is 4.74 Å². The molecule has 0 aromatic heterocycles. The summed E-state index contributed by atoms with van der Waals surface area (Å²) >= 11 is 3.59. The van der Waals surface area contributed by atoms with Crippen LogP contribution in [0, 0.1) is 5.92 Å². The summed E-state index contributed by atoms with van der Waals surface area (Å²) in [6.07, 6.45) is 2.44. The predicted molar refractivity (Wildman–Crippen MR) is 65.4 cm³/mol. The van der Waals surface area contributed by atoms with Gasteiger partial charge in [0.15, 0.2) is 0 Å². The van der Waals surface area contributed by atoms with Crippen LogP contribution >= 0.6 is 15.9 Å². The molecule has 1 aromatic rings. The van der Waals surface area contributed by atoms with E-state index >= 15 is 0 Å². The SMILES string of the molecule is COc1ccc(CC2CCNC2)c(Br)c1. The first-order chi connectivity index (χ1) is 7.29. The fourth-order valence-electron chi connectivity index (χ4n) is 2.02. The molecule has 3 heteroatoms. The van der Waals surface area contributed by atoms with Crippen LogP contribution in [0.4, 0.5) is 0 Å². The topological polar surface area (TPSA) is 21.3 Å². The third kappa shape index (κ3) is 2.73. The monoisotopic (exact) mass is 269 g/mol. The second-order valence-electron chi connectivity index (χ2n) is 4.02. The van der Waals surface area contributed by atoms with Gasteiger partial charge in [-0.15, -0.1) is 0 Å². The summed E-state index contributed by atoms with van der Waals surface area (Å²) in [5, 5.41) is 3.39. The van der Waals surface area contributed by atoms with Crippen LogP contribution in [0.1, 0.15) is 12.0 Å². The molecule has 1 N–H and O–H groups in total. The lowest BCUT2D eigenvalue weighted by atomic mass is 9.99. The van der Waals surface area contributed by atoms with Crippen molar-refractivity contribution in [2.45, 2.75) is 12.8 Å². The fourth-order valence-corrected chi connectivity index (χ4v) is 2.54. The number of hydrogen-bond acceptors (Lipinski definition) is 2. The van der Waals surface area contributed by atoms with Crippen molar-refractivity contribution in [3.63, 3.8) is 0 Å². The first-order valence-electron chi connectivity index (χ1n) is 5.32. The number of halogens is 1. The minimum absolute atomic E-state index is 0.787. The normalized spacial score (nSPS) is 20.5. The summed E-state index contributed by atoms with van der Waals surface area (Å²) in [6.45, 7) is 2.32. The van der Waals surface area contributed by atoms with Gasteiger partial charge in [0, 0.05) is 4.47 Å². The predicted octanol–water partition coefficient (Wildman–Crippen LogP) is 2.61. The lowest BCUT2D eigenvalue weighted by Crippen LogP contribution is -2.10. The van der Waals surface area contributed by atoms with Crippen molar-refractivity contribution in [2.75, 3.05) is 20.2 Å². The summed E-state index contributed by atoms with van der Waals surface area (Å²) in [5.74, 6) is 1.70. The van der Waals surface area contributed by atoms with E-state index < -0.39 is 0 Å². The molecule has 2 nitrogen and oxygen atoms in total. The molecule has 0 aliphatic carbocycles. The van der Waals surface area contributed by atoms with E-state index in [2.05, 4.69) is 27.3 Å². The number of methoxy groups -OCH3 is 1. The fraction of sp³-hybridized carbons (Fsp3) is 0.500. The first-order valence-corrected chi connectivity index (χ1v) is 6.12. The molecule has 2 rings (SSSR count). The second kappa shape index (κ2) is 4.99. The van der Waals surface area contributed by atoms with Gasteiger partial charge in [0.2, 0.25) is 0 Å². The Morgan fingerprint density at radius 3 is 3.00 bits per heavy atom. The lowest BCUT2D eigenvalue weighted by Gasteiger charge is -2.11. The van der Waals surface area contributed by atoms with Crippen LogP contribution < -0.4 is 10.1 Å². The van der Waals surface area contributed by atoms with Crippen molar-refractivity contribution >= 4 is 15.9 Å². The molecule has 1 aromatic carbocycles. The summed E-state index contributed by atoms with van der Waals surface area (Å²) < 4.78 is 6.34. The van der Waals surface area contributed by atoms with Gasteiger partial charge >= 0.3 is 0 Å². The zero-order valence-electron chi connectivity index (χ0n) is 8.92. The Bertz CT molecular complexity index is 334. The lowest BCUT2D eigenvalue weighted by molar-refractivity contribution is 0.414. The van der Waals surface area contributed by atoms with Gasteiger partial charge in [0.1, 0.15) is 5.75 Å². The van der Waals surface area contributed by atoms with Crippen molar-refractivity contribution in [1.82, 2.24) is 5.32 Å². The Kier molecular flexibility index (Phi) is 3.65. The van der Waals surface area contributed by atoms with Crippen molar-refractivity contribution < 1.29 is 4.74 Å². The largest absolute Gasteiger partial charge is 0.497 e. The Hall–Kier alpha value is -0.540. The molecular weight excluding hydrogens is 254 g/mol. The van der Waals surface area contributed by atoms with Crippen molar-refractivity contribution in [3.05, 3.63) is 28.2 Å². The summed E-state index contributed by atoms with van der Waals surface area (Å²) in [7, 11) is 1.70. The Morgan fingerprint density at radius 1 is 1.53 bits per heavy atom. The molecule has 1 atom stereocenters. The van der Waals surface area contributed by atoms with Gasteiger partial charge in [-0.05, 0) is 49.5 Å². The minimum atomic E-state index is 0.787. The molecule has 1 heterocycles. The number of nitrogens with one attached hydrogen (secondary N) is 1. The minimum Gasteiger partial charge on any atom is -0.497 e. The van der Waals surface area contributed by atoms with Crippen molar-refractivity contribution in [3.8, 4) is 5.75 Å². The quantitative estimate of drug-likeness (QED) is 0.911. The van der Waals surface area contributed by atoms with Crippen LogP contribution in [0.2, 0.25) is 0 Å². The molecule has 0 amide bonds. The van der Waals surface area contributed by atoms with E-state index in [0.29, 0.717) is 0 Å². The van der Waals surface area contributed by atoms with Crippen molar-refractivity contribution in [1.29, 1.82) is 0 Å². The van der Waals surface area contributed by atoms with E-state index in [-0.39, 0.29) is 0 Å². The highest BCUT2D eigenvalue weighted by Crippen LogP contribution is 2.26. The molecule has 1 unspecified atom stereocenters. The van der Waals surface area contributed by atoms with Crippen LogP contribution in [0.3, 0.4) is 0 Å². The molecule has 1 saturated heterocycles. The maximum Gasteiger partial charge on any atom is 0.120 e. The van der Waals surface area contributed by atoms with E-state index in [9.17, 15) is 0 Å². The Morgan fingerprint density at radius 2 is 2.40 bits per heavy atom. The molecule has 82 valence electrons. The molecule has 15 heavy (non-hydrogen) atoms. The third-order valence-corrected chi connectivity index (χ3v) is 3.67. The highest BCUT2D eigenvalue weighted by atomic mass is 79.9. The molecule has 0 bridgehead atoms. The van der Waals surface area contributed by atoms with Gasteiger partial charge in [-0.25, -0.2) is 0 Å². The molecule has 0 saturated carbocycles. The van der Waals surface area contributed by atoms with Gasteiger partial charge in [-0.1, -0.05) is 22.0 Å². The van der Waals surface area contributed by atoms with E-state index in [1.165, 1.54) is 18.5 Å². The highest BCUT2D eigenvalue weighted by Gasteiger charge is 2.16. The van der Waals surface area contributed by atoms with Crippen LogP contribution in [-0.2, 0) is 6.42 Å². The van der Waals surface area contributed by atoms with Crippen LogP contribution in [0.25, 0.3) is 0 Å². The van der Waals surface area contributed by atoms with Gasteiger partial charge in [-0.2, -0.15) is 0 Å². The molecule has 0 spiro atoms. The Balaban J connectivity index is 2.07. The standard InChI is InChI=1S/C12H16BrNO/c1-15-11-3-2-10(12(13)7-11)6-9-4-5-14-8-9/h2-3,7,9,14H,4-6,8H2,1H3. The van der Waals surface area contributed by atoms with Gasteiger partial charge in [0.05, 0.1) is 7.11 Å². The average Bonchev–Trinajstić information content (AvgIpc) is 2.74. The molecule has 1 aliphatic heterocycles. The Labute approximate surface area is 99.1 Å². The van der Waals surface area contributed by atoms with Crippen molar-refractivity contribution in [2.24, 2.45) is 5.92 Å². The average molecular weight is 270 g/mol. The molecule has 1 aliphatic rings. The van der Waals surface area contributed by atoms with E-state index in [1.54, 1.807) is 7.11 Å². The first kappa shape index (κ1) is 11.0. The zero-order chi connectivity index (χ0) is 10.7. The third-order valence-electron chi connectivity index (χ3n) is 2.93. The maximum atomic E-state index is 5.18. The second-order valence-corrected chi connectivity index (χ2v) is 4.87. The smallest absolute Gasteiger partial charge is 0.120 e. The van der Waals surface area contributed by atoms with Gasteiger partial charge < -0.3 is 10.1 Å². The number of hydrogen-bond donors (Lipinski definition) is 1. The number of ether oxygens (including phenoxy) is 1. The summed E-state index contributed by atoms with van der Waals surface area (Å²) in [5.41, 5.74) is 1.38. The zero-order valence-corrected chi connectivity index (χ0v) is 10.5. The molecule has 0 radical (unpaired) electrons. The van der Waals surface area contributed by atoms with Gasteiger partial charge in [0.25, 0.3) is 0 Å². The van der Waals surface area contributed by atoms with Crippen LogP contribution in [0.15, 0.2) is 22.7 Å². The van der Waals surface area contributed by atoms with E-state index in [1.807, 2.05) is 12.1 Å². The summed E-state index contributed by atoms with van der Waals surface area (Å²) in [6, 6.07) is 6.22. The number of rotatable bonds is 3.